The van der Waals surface area contributed by atoms with Gasteiger partial charge in [0.15, 0.2) is 17.6 Å². The van der Waals surface area contributed by atoms with Crippen LogP contribution in [0.3, 0.4) is 0 Å². The van der Waals surface area contributed by atoms with Crippen LogP contribution in [-0.4, -0.2) is 36.5 Å². The number of benzene rings is 1. The highest BCUT2D eigenvalue weighted by atomic mass is 16.6. The Bertz CT molecular complexity index is 786. The lowest BCUT2D eigenvalue weighted by Crippen LogP contribution is -2.43. The number of esters is 1. The van der Waals surface area contributed by atoms with E-state index in [1.54, 1.807) is 12.1 Å². The largest absolute Gasteiger partial charge is 0.493 e. The van der Waals surface area contributed by atoms with Crippen LogP contribution >= 0.6 is 0 Å². The molecule has 0 aliphatic rings. The van der Waals surface area contributed by atoms with E-state index in [4.69, 9.17) is 18.6 Å². The van der Waals surface area contributed by atoms with Crippen LogP contribution in [0.15, 0.2) is 33.5 Å². The first-order valence-corrected chi connectivity index (χ1v) is 7.35. The van der Waals surface area contributed by atoms with Crippen LogP contribution in [0.25, 0.3) is 11.0 Å². The molecule has 24 heavy (non-hydrogen) atoms. The molecule has 130 valence electrons. The van der Waals surface area contributed by atoms with Gasteiger partial charge in [0.05, 0.1) is 12.7 Å². The number of methoxy groups -OCH3 is 1. The van der Waals surface area contributed by atoms with E-state index in [1.165, 1.54) is 40.0 Å². The van der Waals surface area contributed by atoms with Crippen LogP contribution in [0.2, 0.25) is 0 Å². The number of hydrogen-bond acceptors (Lipinski definition) is 7. The van der Waals surface area contributed by atoms with E-state index in [0.717, 1.165) is 0 Å². The Hall–Kier alpha value is -2.54. The molecule has 0 saturated carbocycles. The van der Waals surface area contributed by atoms with Crippen LogP contribution in [0.1, 0.15) is 20.8 Å². The Morgan fingerprint density at radius 3 is 2.58 bits per heavy atom. The summed E-state index contributed by atoms with van der Waals surface area (Å²) in [7, 11) is 1.48. The Morgan fingerprint density at radius 2 is 2.00 bits per heavy atom. The van der Waals surface area contributed by atoms with Crippen molar-refractivity contribution in [2.24, 2.45) is 0 Å². The molecule has 1 unspecified atom stereocenters. The average molecular weight is 336 g/mol. The maximum absolute atomic E-state index is 11.3. The zero-order chi connectivity index (χ0) is 17.9. The fourth-order valence-corrected chi connectivity index (χ4v) is 2.10. The zero-order valence-electron chi connectivity index (χ0n) is 14.0. The van der Waals surface area contributed by atoms with Gasteiger partial charge in [-0.05, 0) is 26.0 Å². The predicted octanol–water partition coefficient (Wildman–Crippen LogP) is 1.88. The van der Waals surface area contributed by atoms with E-state index in [0.29, 0.717) is 22.5 Å². The van der Waals surface area contributed by atoms with Gasteiger partial charge in [-0.3, -0.25) is 4.79 Å². The number of carbonyl (C=O) groups excluding carboxylic acids is 1. The number of aliphatic hydroxyl groups is 1. The number of hydrogen-bond donors (Lipinski definition) is 1. The lowest BCUT2D eigenvalue weighted by molar-refractivity contribution is -0.162. The van der Waals surface area contributed by atoms with E-state index in [9.17, 15) is 14.7 Å². The summed E-state index contributed by atoms with van der Waals surface area (Å²) >= 11 is 0. The van der Waals surface area contributed by atoms with Crippen molar-refractivity contribution in [2.75, 3.05) is 13.7 Å². The van der Waals surface area contributed by atoms with Crippen LogP contribution in [0.5, 0.6) is 11.5 Å². The lowest BCUT2D eigenvalue weighted by Gasteiger charge is -2.28. The highest BCUT2D eigenvalue weighted by molar-refractivity contribution is 5.80. The van der Waals surface area contributed by atoms with Gasteiger partial charge >= 0.3 is 11.6 Å². The highest BCUT2D eigenvalue weighted by Crippen LogP contribution is 2.32. The van der Waals surface area contributed by atoms with Gasteiger partial charge in [-0.2, -0.15) is 0 Å². The summed E-state index contributed by atoms with van der Waals surface area (Å²) in [5.41, 5.74) is -1.43. The maximum Gasteiger partial charge on any atom is 0.336 e. The number of rotatable bonds is 6. The molecule has 0 amide bonds. The van der Waals surface area contributed by atoms with Crippen LogP contribution < -0.4 is 15.1 Å². The smallest absolute Gasteiger partial charge is 0.336 e. The van der Waals surface area contributed by atoms with Crippen molar-refractivity contribution in [3.05, 3.63) is 34.7 Å². The van der Waals surface area contributed by atoms with Crippen molar-refractivity contribution >= 4 is 16.9 Å². The van der Waals surface area contributed by atoms with Gasteiger partial charge in [-0.25, -0.2) is 4.79 Å². The molecule has 7 nitrogen and oxygen atoms in total. The minimum Gasteiger partial charge on any atom is -0.493 e. The fourth-order valence-electron chi connectivity index (χ4n) is 2.10. The Balaban J connectivity index is 2.30. The van der Waals surface area contributed by atoms with E-state index in [-0.39, 0.29) is 6.61 Å². The van der Waals surface area contributed by atoms with Crippen molar-refractivity contribution in [3.63, 3.8) is 0 Å². The van der Waals surface area contributed by atoms with Crippen LogP contribution in [0, 0.1) is 0 Å². The summed E-state index contributed by atoms with van der Waals surface area (Å²) in [6, 6.07) is 6.11. The summed E-state index contributed by atoms with van der Waals surface area (Å²) < 4.78 is 21.1. The third-order valence-electron chi connectivity index (χ3n) is 3.39. The summed E-state index contributed by atoms with van der Waals surface area (Å²) in [6.45, 7) is 4.19. The zero-order valence-corrected chi connectivity index (χ0v) is 14.0. The molecule has 0 fully saturated rings. The van der Waals surface area contributed by atoms with Crippen LogP contribution in [0.4, 0.5) is 0 Å². The first-order valence-electron chi connectivity index (χ1n) is 7.35. The maximum atomic E-state index is 11.3. The lowest BCUT2D eigenvalue weighted by atomic mass is 10.0. The first kappa shape index (κ1) is 17.8. The van der Waals surface area contributed by atoms with Crippen molar-refractivity contribution in [1.82, 2.24) is 0 Å². The van der Waals surface area contributed by atoms with Crippen molar-refractivity contribution < 1.29 is 28.5 Å². The molecular formula is C17H20O7. The fraction of sp³-hybridized carbons (Fsp3) is 0.412. The molecule has 2 rings (SSSR count). The molecule has 1 N–H and O–H groups in total. The van der Waals surface area contributed by atoms with Crippen molar-refractivity contribution in [1.29, 1.82) is 0 Å². The Labute approximate surface area is 138 Å². The third kappa shape index (κ3) is 4.26. The SMILES string of the molecule is COc1cc2ccc(=O)oc2cc1OCC(OC(C)=O)C(C)(C)O. The molecule has 1 heterocycles. The van der Waals surface area contributed by atoms with E-state index < -0.39 is 23.3 Å². The average Bonchev–Trinajstić information content (AvgIpc) is 2.49. The minimum atomic E-state index is -1.29. The molecule has 1 atom stereocenters. The minimum absolute atomic E-state index is 0.0952. The van der Waals surface area contributed by atoms with Gasteiger partial charge in [-0.15, -0.1) is 0 Å². The third-order valence-corrected chi connectivity index (χ3v) is 3.39. The van der Waals surface area contributed by atoms with Crippen molar-refractivity contribution in [3.8, 4) is 11.5 Å². The standard InChI is InChI=1S/C17H20O7/c1-10(18)23-15(17(2,3)20)9-22-14-8-12-11(7-13(14)21-4)5-6-16(19)24-12/h5-8,15,20H,9H2,1-4H3. The van der Waals surface area contributed by atoms with Gasteiger partial charge in [-0.1, -0.05) is 0 Å². The monoisotopic (exact) mass is 336 g/mol. The van der Waals surface area contributed by atoms with Gasteiger partial charge < -0.3 is 23.7 Å². The van der Waals surface area contributed by atoms with E-state index >= 15 is 0 Å². The molecule has 0 spiro atoms. The molecule has 7 heteroatoms. The summed E-state index contributed by atoms with van der Waals surface area (Å²) in [6.07, 6.45) is -0.877. The second-order valence-corrected chi connectivity index (χ2v) is 5.86. The van der Waals surface area contributed by atoms with Gasteiger partial charge in [0.1, 0.15) is 12.2 Å². The summed E-state index contributed by atoms with van der Waals surface area (Å²) in [5.74, 6) is 0.205. The van der Waals surface area contributed by atoms with Crippen LogP contribution in [-0.2, 0) is 9.53 Å². The topological polar surface area (TPSA) is 95.2 Å². The molecule has 0 radical (unpaired) electrons. The second-order valence-electron chi connectivity index (χ2n) is 5.86. The van der Waals surface area contributed by atoms with E-state index in [1.807, 2.05) is 0 Å². The van der Waals surface area contributed by atoms with Crippen molar-refractivity contribution in [2.45, 2.75) is 32.5 Å². The quantitative estimate of drug-likeness (QED) is 0.635. The first-order chi connectivity index (χ1) is 11.2. The van der Waals surface area contributed by atoms with E-state index in [2.05, 4.69) is 0 Å². The number of ether oxygens (including phenoxy) is 3. The highest BCUT2D eigenvalue weighted by Gasteiger charge is 2.31. The predicted molar refractivity (Wildman–Crippen MR) is 86.4 cm³/mol. The summed E-state index contributed by atoms with van der Waals surface area (Å²) in [5, 5.41) is 10.8. The second kappa shape index (κ2) is 6.92. The molecule has 0 aliphatic carbocycles. The Kier molecular flexibility index (Phi) is 5.14. The molecule has 0 aliphatic heterocycles. The molecule has 0 bridgehead atoms. The summed E-state index contributed by atoms with van der Waals surface area (Å²) in [4.78, 5) is 22.5. The Morgan fingerprint density at radius 1 is 1.29 bits per heavy atom. The number of carbonyl (C=O) groups is 1. The molecule has 0 saturated heterocycles. The number of fused-ring (bicyclic) bond motifs is 1. The van der Waals surface area contributed by atoms with Gasteiger partial charge in [0, 0.05) is 24.4 Å². The molecule has 1 aromatic carbocycles. The molecular weight excluding hydrogens is 316 g/mol. The van der Waals surface area contributed by atoms with Gasteiger partial charge in [0.2, 0.25) is 0 Å². The van der Waals surface area contributed by atoms with Gasteiger partial charge in [0.25, 0.3) is 0 Å². The molecule has 1 aromatic heterocycles. The molecule has 2 aromatic rings. The normalized spacial score (nSPS) is 12.7.